The second kappa shape index (κ2) is 4.28. The van der Waals surface area contributed by atoms with Crippen molar-refractivity contribution >= 4 is 5.97 Å². The number of hydrogen-bond donors (Lipinski definition) is 1. The third-order valence-electron chi connectivity index (χ3n) is 2.92. The fourth-order valence-electron chi connectivity index (χ4n) is 2.06. The van der Waals surface area contributed by atoms with Crippen LogP contribution in [0.5, 0.6) is 0 Å². The molecule has 0 aromatic rings. The molecular formula is C10H17NO3. The molecule has 4 nitrogen and oxygen atoms in total. The van der Waals surface area contributed by atoms with Crippen LogP contribution in [0.15, 0.2) is 0 Å². The van der Waals surface area contributed by atoms with Gasteiger partial charge in [0.2, 0.25) is 0 Å². The molecule has 1 unspecified atom stereocenters. The van der Waals surface area contributed by atoms with Gasteiger partial charge in [0.05, 0.1) is 6.10 Å². The van der Waals surface area contributed by atoms with Crippen LogP contribution in [0.2, 0.25) is 0 Å². The number of carbonyl (C=O) groups is 1. The number of likely N-dealkylation sites (tertiary alicyclic amines) is 1. The van der Waals surface area contributed by atoms with Crippen molar-refractivity contribution in [2.45, 2.75) is 37.8 Å². The normalized spacial score (nSPS) is 29.0. The van der Waals surface area contributed by atoms with E-state index in [1.165, 1.54) is 12.8 Å². The minimum absolute atomic E-state index is 0.139. The quantitative estimate of drug-likeness (QED) is 0.724. The van der Waals surface area contributed by atoms with Gasteiger partial charge in [-0.3, -0.25) is 4.90 Å². The lowest BCUT2D eigenvalue weighted by molar-refractivity contribution is -0.145. The lowest BCUT2D eigenvalue weighted by Crippen LogP contribution is -2.41. The zero-order valence-electron chi connectivity index (χ0n) is 8.32. The van der Waals surface area contributed by atoms with Crippen molar-refractivity contribution in [3.8, 4) is 0 Å². The molecule has 0 radical (unpaired) electrons. The highest BCUT2D eigenvalue weighted by Crippen LogP contribution is 2.29. The average Bonchev–Trinajstić information content (AvgIpc) is 2.98. The molecule has 0 aromatic carbocycles. The number of ether oxygens (including phenoxy) is 1. The number of hydrogen-bond acceptors (Lipinski definition) is 3. The van der Waals surface area contributed by atoms with Gasteiger partial charge < -0.3 is 9.84 Å². The largest absolute Gasteiger partial charge is 0.480 e. The summed E-state index contributed by atoms with van der Waals surface area (Å²) in [6, 6.07) is 0.770. The van der Waals surface area contributed by atoms with Gasteiger partial charge in [-0.1, -0.05) is 0 Å². The zero-order valence-corrected chi connectivity index (χ0v) is 8.32. The fraction of sp³-hybridized carbons (Fsp3) is 0.900. The first-order chi connectivity index (χ1) is 6.75. The monoisotopic (exact) mass is 199 g/mol. The third-order valence-corrected chi connectivity index (χ3v) is 2.92. The van der Waals surface area contributed by atoms with E-state index in [1.54, 1.807) is 0 Å². The Morgan fingerprint density at radius 2 is 2.21 bits per heavy atom. The minimum atomic E-state index is -0.867. The van der Waals surface area contributed by atoms with Crippen LogP contribution in [0, 0.1) is 0 Å². The van der Waals surface area contributed by atoms with Crippen molar-refractivity contribution in [2.24, 2.45) is 0 Å². The molecule has 0 aromatic heterocycles. The summed E-state index contributed by atoms with van der Waals surface area (Å²) < 4.78 is 5.31. The lowest BCUT2D eigenvalue weighted by atomic mass is 10.1. The molecule has 1 saturated carbocycles. The number of rotatable bonds is 4. The predicted molar refractivity (Wildman–Crippen MR) is 51.2 cm³/mol. The van der Waals surface area contributed by atoms with Gasteiger partial charge in [-0.05, 0) is 32.2 Å². The molecule has 1 N–H and O–H groups in total. The summed E-state index contributed by atoms with van der Waals surface area (Å²) >= 11 is 0. The third kappa shape index (κ3) is 2.69. The maximum Gasteiger partial charge on any atom is 0.329 e. The summed E-state index contributed by atoms with van der Waals surface area (Å²) in [6.07, 6.45) is 4.91. The van der Waals surface area contributed by atoms with E-state index < -0.39 is 5.97 Å². The molecule has 1 aliphatic carbocycles. The smallest absolute Gasteiger partial charge is 0.329 e. The van der Waals surface area contributed by atoms with E-state index in [2.05, 4.69) is 4.90 Å². The molecule has 1 saturated heterocycles. The van der Waals surface area contributed by atoms with Crippen molar-refractivity contribution in [3.63, 3.8) is 0 Å². The van der Waals surface area contributed by atoms with Gasteiger partial charge in [-0.2, -0.15) is 0 Å². The summed E-state index contributed by atoms with van der Waals surface area (Å²) in [5.74, 6) is -0.867. The Morgan fingerprint density at radius 1 is 1.43 bits per heavy atom. The van der Waals surface area contributed by atoms with Crippen LogP contribution in [0.4, 0.5) is 0 Å². The molecule has 80 valence electrons. The van der Waals surface area contributed by atoms with Crippen LogP contribution in [0.1, 0.15) is 25.7 Å². The summed E-state index contributed by atoms with van der Waals surface area (Å²) in [6.45, 7) is 1.94. The van der Waals surface area contributed by atoms with E-state index in [-0.39, 0.29) is 12.7 Å². The molecule has 0 bridgehead atoms. The SMILES string of the molecule is O=C(O)COC1CCCN(C2CC2)C1. The molecule has 0 amide bonds. The van der Waals surface area contributed by atoms with E-state index in [9.17, 15) is 4.79 Å². The van der Waals surface area contributed by atoms with Crippen LogP contribution in [-0.2, 0) is 9.53 Å². The van der Waals surface area contributed by atoms with E-state index in [4.69, 9.17) is 9.84 Å². The van der Waals surface area contributed by atoms with E-state index in [0.717, 1.165) is 32.0 Å². The molecule has 2 aliphatic rings. The van der Waals surface area contributed by atoms with Crippen LogP contribution in [0.25, 0.3) is 0 Å². The topological polar surface area (TPSA) is 49.8 Å². The Morgan fingerprint density at radius 3 is 2.86 bits per heavy atom. The summed E-state index contributed by atoms with van der Waals surface area (Å²) in [7, 11) is 0. The molecule has 0 spiro atoms. The lowest BCUT2D eigenvalue weighted by Gasteiger charge is -2.32. The summed E-state index contributed by atoms with van der Waals surface area (Å²) in [5.41, 5.74) is 0. The first-order valence-corrected chi connectivity index (χ1v) is 5.33. The van der Waals surface area contributed by atoms with Crippen molar-refractivity contribution in [2.75, 3.05) is 19.7 Å². The number of nitrogens with zero attached hydrogens (tertiary/aromatic N) is 1. The highest BCUT2D eigenvalue weighted by atomic mass is 16.5. The van der Waals surface area contributed by atoms with Gasteiger partial charge >= 0.3 is 5.97 Å². The molecule has 2 fully saturated rings. The van der Waals surface area contributed by atoms with E-state index in [1.807, 2.05) is 0 Å². The Labute approximate surface area is 83.8 Å². The van der Waals surface area contributed by atoms with E-state index >= 15 is 0 Å². The maximum atomic E-state index is 10.3. The highest BCUT2D eigenvalue weighted by molar-refractivity contribution is 5.68. The molecule has 14 heavy (non-hydrogen) atoms. The Hall–Kier alpha value is -0.610. The first kappa shape index (κ1) is 9.93. The summed E-state index contributed by atoms with van der Waals surface area (Å²) in [4.78, 5) is 12.8. The Bertz CT molecular complexity index is 215. The van der Waals surface area contributed by atoms with E-state index in [0.29, 0.717) is 0 Å². The fourth-order valence-corrected chi connectivity index (χ4v) is 2.06. The second-order valence-electron chi connectivity index (χ2n) is 4.20. The van der Waals surface area contributed by atoms with Gasteiger partial charge in [0.1, 0.15) is 6.61 Å². The van der Waals surface area contributed by atoms with Crippen LogP contribution >= 0.6 is 0 Å². The average molecular weight is 199 g/mol. The molecule has 1 atom stereocenters. The van der Waals surface area contributed by atoms with Gasteiger partial charge in [-0.25, -0.2) is 4.79 Å². The zero-order chi connectivity index (χ0) is 9.97. The molecular weight excluding hydrogens is 182 g/mol. The highest BCUT2D eigenvalue weighted by Gasteiger charge is 2.32. The Kier molecular flexibility index (Phi) is 3.03. The standard InChI is InChI=1S/C10H17NO3/c12-10(13)7-14-9-2-1-5-11(6-9)8-3-4-8/h8-9H,1-7H2,(H,12,13). The van der Waals surface area contributed by atoms with Crippen LogP contribution in [-0.4, -0.2) is 47.8 Å². The molecule has 2 rings (SSSR count). The molecule has 4 heteroatoms. The Balaban J connectivity index is 1.72. The molecule has 1 heterocycles. The van der Waals surface area contributed by atoms with Crippen LogP contribution < -0.4 is 0 Å². The van der Waals surface area contributed by atoms with Gasteiger partial charge in [0.25, 0.3) is 0 Å². The molecule has 1 aliphatic heterocycles. The van der Waals surface area contributed by atoms with Crippen molar-refractivity contribution < 1.29 is 14.6 Å². The summed E-state index contributed by atoms with van der Waals surface area (Å²) in [5, 5.41) is 8.49. The minimum Gasteiger partial charge on any atom is -0.480 e. The van der Waals surface area contributed by atoms with Gasteiger partial charge in [0.15, 0.2) is 0 Å². The first-order valence-electron chi connectivity index (χ1n) is 5.33. The van der Waals surface area contributed by atoms with Crippen molar-refractivity contribution in [1.29, 1.82) is 0 Å². The maximum absolute atomic E-state index is 10.3. The van der Waals surface area contributed by atoms with Crippen molar-refractivity contribution in [1.82, 2.24) is 4.90 Å². The second-order valence-corrected chi connectivity index (χ2v) is 4.20. The predicted octanol–water partition coefficient (Wildman–Crippen LogP) is 0.714. The van der Waals surface area contributed by atoms with Gasteiger partial charge in [0, 0.05) is 12.6 Å². The number of carboxylic acids is 1. The van der Waals surface area contributed by atoms with Crippen LogP contribution in [0.3, 0.4) is 0 Å². The number of piperidine rings is 1. The number of carboxylic acid groups (broad SMARTS) is 1. The van der Waals surface area contributed by atoms with Gasteiger partial charge in [-0.15, -0.1) is 0 Å². The van der Waals surface area contributed by atoms with Crippen molar-refractivity contribution in [3.05, 3.63) is 0 Å². The number of aliphatic carboxylic acids is 1.